The summed E-state index contributed by atoms with van der Waals surface area (Å²) in [6, 6.07) is 4.10. The van der Waals surface area contributed by atoms with Crippen LogP contribution in [0.4, 0.5) is 13.2 Å². The zero-order valence-corrected chi connectivity index (χ0v) is 11.6. The van der Waals surface area contributed by atoms with Crippen molar-refractivity contribution < 1.29 is 22.7 Å². The molecule has 0 radical (unpaired) electrons. The molecular formula is C13H12BrF3O2. The van der Waals surface area contributed by atoms with E-state index in [-0.39, 0.29) is 17.3 Å². The van der Waals surface area contributed by atoms with Gasteiger partial charge in [-0.1, -0.05) is 28.8 Å². The molecule has 19 heavy (non-hydrogen) atoms. The van der Waals surface area contributed by atoms with Crippen molar-refractivity contribution in [3.05, 3.63) is 28.2 Å². The monoisotopic (exact) mass is 336 g/mol. The Labute approximate surface area is 117 Å². The molecular weight excluding hydrogens is 325 g/mol. The van der Waals surface area contributed by atoms with E-state index < -0.39 is 12.1 Å². The molecule has 0 aromatic heterocycles. The van der Waals surface area contributed by atoms with Gasteiger partial charge in [-0.3, -0.25) is 4.79 Å². The predicted octanol–water partition coefficient (Wildman–Crippen LogP) is 4.72. The molecule has 0 saturated heterocycles. The molecule has 0 atom stereocenters. The SMILES string of the molecule is O=C(c1ccc(Br)cc1OC(F)(F)F)C1CCCC1. The molecule has 0 unspecified atom stereocenters. The number of rotatable bonds is 3. The standard InChI is InChI=1S/C13H12BrF3O2/c14-9-5-6-10(11(7-9)19-13(15,16)17)12(18)8-3-1-2-4-8/h5-8H,1-4H2. The van der Waals surface area contributed by atoms with E-state index in [2.05, 4.69) is 20.7 Å². The highest BCUT2D eigenvalue weighted by Crippen LogP contribution is 2.34. The van der Waals surface area contributed by atoms with E-state index in [1.165, 1.54) is 12.1 Å². The van der Waals surface area contributed by atoms with E-state index >= 15 is 0 Å². The first-order valence-electron chi connectivity index (χ1n) is 5.96. The van der Waals surface area contributed by atoms with Crippen LogP contribution in [0.5, 0.6) is 5.75 Å². The highest BCUT2D eigenvalue weighted by molar-refractivity contribution is 9.10. The lowest BCUT2D eigenvalue weighted by Gasteiger charge is -2.15. The quantitative estimate of drug-likeness (QED) is 0.746. The Hall–Kier alpha value is -1.04. The highest BCUT2D eigenvalue weighted by Gasteiger charge is 2.34. The summed E-state index contributed by atoms with van der Waals surface area (Å²) in [6.45, 7) is 0. The molecule has 1 saturated carbocycles. The van der Waals surface area contributed by atoms with Gasteiger partial charge in [-0.05, 0) is 31.0 Å². The Morgan fingerprint density at radius 2 is 1.89 bits per heavy atom. The molecule has 1 aromatic carbocycles. The first-order valence-corrected chi connectivity index (χ1v) is 6.75. The van der Waals surface area contributed by atoms with Crippen LogP contribution < -0.4 is 4.74 Å². The Morgan fingerprint density at radius 1 is 1.26 bits per heavy atom. The lowest BCUT2D eigenvalue weighted by Crippen LogP contribution is -2.20. The van der Waals surface area contributed by atoms with Crippen molar-refractivity contribution in [3.8, 4) is 5.75 Å². The Kier molecular flexibility index (Phi) is 4.18. The number of ether oxygens (including phenoxy) is 1. The van der Waals surface area contributed by atoms with E-state index in [0.29, 0.717) is 4.47 Å². The maximum Gasteiger partial charge on any atom is 0.573 e. The number of alkyl halides is 3. The normalized spacial score (nSPS) is 16.6. The van der Waals surface area contributed by atoms with Gasteiger partial charge in [0.25, 0.3) is 0 Å². The first-order chi connectivity index (χ1) is 8.87. The number of ketones is 1. The summed E-state index contributed by atoms with van der Waals surface area (Å²) in [5.41, 5.74) is 0.00687. The number of benzene rings is 1. The fourth-order valence-corrected chi connectivity index (χ4v) is 2.66. The third-order valence-electron chi connectivity index (χ3n) is 3.16. The summed E-state index contributed by atoms with van der Waals surface area (Å²) >= 11 is 3.08. The van der Waals surface area contributed by atoms with Crippen LogP contribution in [0.15, 0.2) is 22.7 Å². The molecule has 104 valence electrons. The van der Waals surface area contributed by atoms with Gasteiger partial charge < -0.3 is 4.74 Å². The highest BCUT2D eigenvalue weighted by atomic mass is 79.9. The second-order valence-corrected chi connectivity index (χ2v) is 5.45. The summed E-state index contributed by atoms with van der Waals surface area (Å²) in [7, 11) is 0. The van der Waals surface area contributed by atoms with Crippen molar-refractivity contribution in [2.24, 2.45) is 5.92 Å². The molecule has 2 rings (SSSR count). The average molecular weight is 337 g/mol. The predicted molar refractivity (Wildman–Crippen MR) is 67.1 cm³/mol. The van der Waals surface area contributed by atoms with Gasteiger partial charge in [0, 0.05) is 10.4 Å². The minimum absolute atomic E-state index is 0.00687. The van der Waals surface area contributed by atoms with Crippen molar-refractivity contribution in [3.63, 3.8) is 0 Å². The van der Waals surface area contributed by atoms with E-state index in [1.807, 2.05) is 0 Å². The van der Waals surface area contributed by atoms with Gasteiger partial charge in [0.15, 0.2) is 5.78 Å². The van der Waals surface area contributed by atoms with Crippen molar-refractivity contribution in [2.45, 2.75) is 32.0 Å². The van der Waals surface area contributed by atoms with Crippen LogP contribution in [0, 0.1) is 5.92 Å². The molecule has 2 nitrogen and oxygen atoms in total. The van der Waals surface area contributed by atoms with Crippen LogP contribution in [-0.2, 0) is 0 Å². The van der Waals surface area contributed by atoms with Crippen molar-refractivity contribution >= 4 is 21.7 Å². The third-order valence-corrected chi connectivity index (χ3v) is 3.65. The molecule has 6 heteroatoms. The molecule has 1 aliphatic rings. The second-order valence-electron chi connectivity index (χ2n) is 4.53. The van der Waals surface area contributed by atoms with Gasteiger partial charge in [0.1, 0.15) is 5.75 Å². The number of hydrogen-bond acceptors (Lipinski definition) is 2. The van der Waals surface area contributed by atoms with Gasteiger partial charge >= 0.3 is 6.36 Å². The van der Waals surface area contributed by atoms with Gasteiger partial charge in [0.05, 0.1) is 5.56 Å². The molecule has 1 aliphatic carbocycles. The molecule has 0 aliphatic heterocycles. The Balaban J connectivity index is 2.30. The minimum Gasteiger partial charge on any atom is -0.405 e. The van der Waals surface area contributed by atoms with Crippen LogP contribution in [0.25, 0.3) is 0 Å². The van der Waals surface area contributed by atoms with E-state index in [1.54, 1.807) is 6.07 Å². The number of hydrogen-bond donors (Lipinski definition) is 0. The number of carbonyl (C=O) groups is 1. The van der Waals surface area contributed by atoms with Crippen LogP contribution in [0.3, 0.4) is 0 Å². The molecule has 0 spiro atoms. The van der Waals surface area contributed by atoms with Crippen molar-refractivity contribution in [2.75, 3.05) is 0 Å². The molecule has 0 bridgehead atoms. The zero-order chi connectivity index (χ0) is 14.0. The zero-order valence-electron chi connectivity index (χ0n) is 9.97. The minimum atomic E-state index is -4.80. The summed E-state index contributed by atoms with van der Waals surface area (Å²) < 4.78 is 41.4. The van der Waals surface area contributed by atoms with Crippen LogP contribution >= 0.6 is 15.9 Å². The molecule has 1 fully saturated rings. The van der Waals surface area contributed by atoms with E-state index in [0.717, 1.165) is 25.7 Å². The lowest BCUT2D eigenvalue weighted by atomic mass is 9.96. The van der Waals surface area contributed by atoms with Gasteiger partial charge in [-0.2, -0.15) is 0 Å². The summed E-state index contributed by atoms with van der Waals surface area (Å²) in [5.74, 6) is -0.875. The molecule has 0 N–H and O–H groups in total. The number of halogens is 4. The second kappa shape index (κ2) is 5.53. The summed E-state index contributed by atoms with van der Waals surface area (Å²) in [5, 5.41) is 0. The van der Waals surface area contributed by atoms with Crippen LogP contribution in [0.2, 0.25) is 0 Å². The number of carbonyl (C=O) groups excluding carboxylic acids is 1. The molecule has 0 heterocycles. The number of Topliss-reactive ketones (excluding diaryl/α,β-unsaturated/α-hetero) is 1. The fraction of sp³-hybridized carbons (Fsp3) is 0.462. The van der Waals surface area contributed by atoms with Crippen molar-refractivity contribution in [1.29, 1.82) is 0 Å². The van der Waals surface area contributed by atoms with Gasteiger partial charge in [-0.25, -0.2) is 0 Å². The van der Waals surface area contributed by atoms with E-state index in [4.69, 9.17) is 0 Å². The largest absolute Gasteiger partial charge is 0.573 e. The summed E-state index contributed by atoms with van der Waals surface area (Å²) in [6.07, 6.45) is -1.43. The average Bonchev–Trinajstić information content (AvgIpc) is 2.79. The van der Waals surface area contributed by atoms with Gasteiger partial charge in [0.2, 0.25) is 0 Å². The Bertz CT molecular complexity index is 479. The maximum absolute atomic E-state index is 12.3. The first kappa shape index (κ1) is 14.4. The Morgan fingerprint density at radius 3 is 2.47 bits per heavy atom. The van der Waals surface area contributed by atoms with Crippen molar-refractivity contribution in [1.82, 2.24) is 0 Å². The topological polar surface area (TPSA) is 26.3 Å². The van der Waals surface area contributed by atoms with Crippen LogP contribution in [-0.4, -0.2) is 12.1 Å². The third kappa shape index (κ3) is 3.72. The molecule has 0 amide bonds. The molecule has 1 aromatic rings. The van der Waals surface area contributed by atoms with Crippen LogP contribution in [0.1, 0.15) is 36.0 Å². The fourth-order valence-electron chi connectivity index (χ4n) is 2.32. The maximum atomic E-state index is 12.3. The van der Waals surface area contributed by atoms with Gasteiger partial charge in [-0.15, -0.1) is 13.2 Å². The smallest absolute Gasteiger partial charge is 0.405 e. The van der Waals surface area contributed by atoms with E-state index in [9.17, 15) is 18.0 Å². The lowest BCUT2D eigenvalue weighted by molar-refractivity contribution is -0.274. The summed E-state index contributed by atoms with van der Waals surface area (Å²) in [4.78, 5) is 12.2.